The number of halogens is 1. The number of ether oxygens (including phenoxy) is 1. The Kier molecular flexibility index (Phi) is 11.9. The first-order valence-corrected chi connectivity index (χ1v) is 16.5. The predicted molar refractivity (Wildman–Crippen MR) is 166 cm³/mol. The van der Waals surface area contributed by atoms with E-state index in [-0.39, 0.29) is 36.3 Å². The highest BCUT2D eigenvalue weighted by molar-refractivity contribution is 5.95. The third kappa shape index (κ3) is 8.21. The van der Waals surface area contributed by atoms with Crippen molar-refractivity contribution in [2.24, 2.45) is 17.8 Å². The SMILES string of the molecule is COC1NCCCC1CNC(=O)c1cccc(NCC2NNC(C3CC(C4CCCCCCCC4)NCC3F)N2C)c1. The molecule has 0 spiro atoms. The van der Waals surface area contributed by atoms with E-state index >= 15 is 4.39 Å². The lowest BCUT2D eigenvalue weighted by molar-refractivity contribution is 0.00679. The molecule has 9 nitrogen and oxygen atoms in total. The van der Waals surface area contributed by atoms with Gasteiger partial charge in [0.15, 0.2) is 0 Å². The van der Waals surface area contributed by atoms with Crippen molar-refractivity contribution in [1.82, 2.24) is 31.7 Å². The summed E-state index contributed by atoms with van der Waals surface area (Å²) < 4.78 is 20.9. The number of nitrogens with one attached hydrogen (secondary N) is 6. The summed E-state index contributed by atoms with van der Waals surface area (Å²) in [5.74, 6) is 0.779. The van der Waals surface area contributed by atoms with Gasteiger partial charge in [-0.1, -0.05) is 44.6 Å². The van der Waals surface area contributed by atoms with Gasteiger partial charge in [-0.05, 0) is 69.8 Å². The zero-order valence-corrected chi connectivity index (χ0v) is 25.7. The lowest BCUT2D eigenvalue weighted by atomic mass is 9.79. The van der Waals surface area contributed by atoms with Crippen molar-refractivity contribution in [3.8, 4) is 0 Å². The van der Waals surface area contributed by atoms with Crippen molar-refractivity contribution in [1.29, 1.82) is 0 Å². The van der Waals surface area contributed by atoms with Gasteiger partial charge in [0.25, 0.3) is 5.91 Å². The summed E-state index contributed by atoms with van der Waals surface area (Å²) in [5, 5.41) is 13.5. The molecule has 1 aromatic carbocycles. The number of carbonyl (C=O) groups is 1. The van der Waals surface area contributed by atoms with Crippen LogP contribution in [-0.4, -0.2) is 81.9 Å². The number of carbonyl (C=O) groups excluding carboxylic acids is 1. The highest BCUT2D eigenvalue weighted by Gasteiger charge is 2.43. The Labute approximate surface area is 251 Å². The van der Waals surface area contributed by atoms with Crippen LogP contribution in [0.2, 0.25) is 0 Å². The fourth-order valence-corrected chi connectivity index (χ4v) is 7.60. The Bertz CT molecular complexity index is 976. The molecule has 1 amide bonds. The monoisotopic (exact) mass is 587 g/mol. The minimum atomic E-state index is -0.871. The van der Waals surface area contributed by atoms with Gasteiger partial charge in [-0.15, -0.1) is 0 Å². The lowest BCUT2D eigenvalue weighted by Gasteiger charge is -2.41. The third-order valence-corrected chi connectivity index (χ3v) is 10.2. The molecule has 5 rings (SSSR count). The fraction of sp³-hybridized carbons (Fsp3) is 0.781. The molecule has 1 aliphatic carbocycles. The van der Waals surface area contributed by atoms with Crippen molar-refractivity contribution in [2.45, 2.75) is 101 Å². The van der Waals surface area contributed by atoms with Crippen LogP contribution in [0, 0.1) is 17.8 Å². The van der Waals surface area contributed by atoms with Gasteiger partial charge in [-0.2, -0.15) is 0 Å². The molecule has 0 radical (unpaired) electrons. The second-order valence-electron chi connectivity index (χ2n) is 13.0. The zero-order chi connectivity index (χ0) is 29.3. The lowest BCUT2D eigenvalue weighted by Crippen LogP contribution is -2.56. The number of anilines is 1. The van der Waals surface area contributed by atoms with Gasteiger partial charge < -0.3 is 20.7 Å². The maximum absolute atomic E-state index is 15.3. The van der Waals surface area contributed by atoms with Crippen molar-refractivity contribution >= 4 is 11.6 Å². The minimum absolute atomic E-state index is 0.00250. The molecule has 3 heterocycles. The molecule has 10 heteroatoms. The smallest absolute Gasteiger partial charge is 0.251 e. The summed E-state index contributed by atoms with van der Waals surface area (Å²) >= 11 is 0. The number of rotatable bonds is 9. The van der Waals surface area contributed by atoms with Gasteiger partial charge in [0.05, 0.1) is 12.3 Å². The zero-order valence-electron chi connectivity index (χ0n) is 25.7. The fourth-order valence-electron chi connectivity index (χ4n) is 7.60. The number of hydrazine groups is 1. The molecular weight excluding hydrogens is 533 g/mol. The van der Waals surface area contributed by atoms with Crippen LogP contribution < -0.4 is 32.1 Å². The van der Waals surface area contributed by atoms with Crippen LogP contribution in [0.25, 0.3) is 0 Å². The number of alkyl halides is 1. The average molecular weight is 588 g/mol. The van der Waals surface area contributed by atoms with Crippen LogP contribution >= 0.6 is 0 Å². The van der Waals surface area contributed by atoms with Crippen molar-refractivity contribution in [2.75, 3.05) is 45.7 Å². The van der Waals surface area contributed by atoms with E-state index in [4.69, 9.17) is 4.74 Å². The molecule has 6 N–H and O–H groups in total. The number of amides is 1. The topological polar surface area (TPSA) is 102 Å². The maximum atomic E-state index is 15.3. The Morgan fingerprint density at radius 2 is 1.81 bits per heavy atom. The minimum Gasteiger partial charge on any atom is -0.382 e. The van der Waals surface area contributed by atoms with E-state index in [2.05, 4.69) is 44.1 Å². The van der Waals surface area contributed by atoms with Gasteiger partial charge in [-0.3, -0.25) is 15.0 Å². The van der Waals surface area contributed by atoms with E-state index in [1.165, 1.54) is 51.4 Å². The molecule has 3 saturated heterocycles. The Balaban J connectivity index is 1.11. The second kappa shape index (κ2) is 15.8. The molecule has 4 fully saturated rings. The largest absolute Gasteiger partial charge is 0.382 e. The summed E-state index contributed by atoms with van der Waals surface area (Å²) in [6.07, 6.45) is 12.6. The van der Waals surface area contributed by atoms with E-state index in [1.807, 2.05) is 24.3 Å². The normalized spacial score (nSPS) is 33.8. The molecule has 0 bridgehead atoms. The highest BCUT2D eigenvalue weighted by atomic mass is 19.1. The second-order valence-corrected chi connectivity index (χ2v) is 13.0. The van der Waals surface area contributed by atoms with Crippen molar-refractivity contribution in [3.63, 3.8) is 0 Å². The number of methoxy groups -OCH3 is 1. The van der Waals surface area contributed by atoms with E-state index in [0.29, 0.717) is 37.2 Å². The standard InChI is InChI=1S/C32H54FN7O2/c1-40-29(21-35-25-15-9-13-23(17-25)31(41)37-19-24-14-10-16-34-32(24)42-2)38-39-30(40)26-18-28(36-20-27(26)33)22-11-7-5-3-4-6-8-12-22/h9,13,15,17,22,24,26-30,32,34-36,38-39H,3-8,10-12,14,16,18-21H2,1-2H3,(H,37,41). The van der Waals surface area contributed by atoms with Crippen molar-refractivity contribution in [3.05, 3.63) is 29.8 Å². The predicted octanol–water partition coefficient (Wildman–Crippen LogP) is 3.56. The summed E-state index contributed by atoms with van der Waals surface area (Å²) in [6.45, 7) is 2.60. The number of likely N-dealkylation sites (N-methyl/N-ethyl adjacent to an activating group) is 1. The average Bonchev–Trinajstić information content (AvgIpc) is 3.45. The molecular formula is C32H54FN7O2. The van der Waals surface area contributed by atoms with Crippen LogP contribution in [0.15, 0.2) is 24.3 Å². The molecule has 0 aromatic heterocycles. The van der Waals surface area contributed by atoms with E-state index in [1.54, 1.807) is 7.11 Å². The Morgan fingerprint density at radius 3 is 2.60 bits per heavy atom. The van der Waals surface area contributed by atoms with Crippen LogP contribution in [-0.2, 0) is 4.74 Å². The molecule has 3 aliphatic heterocycles. The first-order chi connectivity index (χ1) is 20.5. The maximum Gasteiger partial charge on any atom is 0.251 e. The van der Waals surface area contributed by atoms with Crippen LogP contribution in [0.1, 0.15) is 81.0 Å². The van der Waals surface area contributed by atoms with Gasteiger partial charge in [0.1, 0.15) is 12.4 Å². The summed E-state index contributed by atoms with van der Waals surface area (Å²) in [4.78, 5) is 15.2. The van der Waals surface area contributed by atoms with E-state index in [9.17, 15) is 4.79 Å². The molecule has 1 saturated carbocycles. The Morgan fingerprint density at radius 1 is 1.02 bits per heavy atom. The quantitative estimate of drug-likeness (QED) is 0.261. The molecule has 42 heavy (non-hydrogen) atoms. The summed E-state index contributed by atoms with van der Waals surface area (Å²) in [5.41, 5.74) is 8.34. The number of nitrogens with zero attached hydrogens (tertiary/aromatic N) is 1. The Hall–Kier alpha value is -1.82. The molecule has 1 aromatic rings. The summed E-state index contributed by atoms with van der Waals surface area (Å²) in [6, 6.07) is 8.03. The number of piperidine rings is 2. The van der Waals surface area contributed by atoms with Crippen LogP contribution in [0.5, 0.6) is 0 Å². The molecule has 4 aliphatic rings. The molecule has 7 unspecified atom stereocenters. The summed E-state index contributed by atoms with van der Waals surface area (Å²) in [7, 11) is 3.78. The van der Waals surface area contributed by atoms with E-state index < -0.39 is 6.17 Å². The highest BCUT2D eigenvalue weighted by Crippen LogP contribution is 2.33. The van der Waals surface area contributed by atoms with Gasteiger partial charge in [0.2, 0.25) is 0 Å². The van der Waals surface area contributed by atoms with E-state index in [0.717, 1.165) is 31.5 Å². The molecule has 7 atom stereocenters. The number of benzene rings is 1. The van der Waals surface area contributed by atoms with Gasteiger partial charge >= 0.3 is 0 Å². The number of hydrogen-bond donors (Lipinski definition) is 6. The first kappa shape index (κ1) is 31.6. The first-order valence-electron chi connectivity index (χ1n) is 16.5. The molecule has 236 valence electrons. The van der Waals surface area contributed by atoms with Crippen LogP contribution in [0.3, 0.4) is 0 Å². The van der Waals surface area contributed by atoms with Gasteiger partial charge in [0, 0.05) is 55.9 Å². The van der Waals surface area contributed by atoms with Crippen molar-refractivity contribution < 1.29 is 13.9 Å². The third-order valence-electron chi connectivity index (χ3n) is 10.2. The van der Waals surface area contributed by atoms with Crippen LogP contribution in [0.4, 0.5) is 10.1 Å². The number of hydrogen-bond acceptors (Lipinski definition) is 8. The van der Waals surface area contributed by atoms with Gasteiger partial charge in [-0.25, -0.2) is 15.2 Å².